The third-order valence-corrected chi connectivity index (χ3v) is 3.89. The highest BCUT2D eigenvalue weighted by atomic mass is 14.9. The summed E-state index contributed by atoms with van der Waals surface area (Å²) in [5, 5.41) is 5.00. The van der Waals surface area contributed by atoms with Gasteiger partial charge in [0.1, 0.15) is 0 Å². The minimum atomic E-state index is 0.674. The van der Waals surface area contributed by atoms with Gasteiger partial charge in [-0.2, -0.15) is 0 Å². The van der Waals surface area contributed by atoms with Gasteiger partial charge < -0.3 is 10.3 Å². The Kier molecular flexibility index (Phi) is 2.67. The topological polar surface area (TPSA) is 27.8 Å². The van der Waals surface area contributed by atoms with Crippen molar-refractivity contribution in [1.82, 2.24) is 10.3 Å². The minimum absolute atomic E-state index is 0.674. The van der Waals surface area contributed by atoms with Gasteiger partial charge in [0.25, 0.3) is 0 Å². The maximum Gasteiger partial charge on any atom is 0.0459 e. The van der Waals surface area contributed by atoms with E-state index in [2.05, 4.69) is 42.3 Å². The summed E-state index contributed by atoms with van der Waals surface area (Å²) in [7, 11) is 0. The first-order chi connectivity index (χ1) is 8.24. The van der Waals surface area contributed by atoms with Crippen molar-refractivity contribution < 1.29 is 0 Å². The van der Waals surface area contributed by atoms with E-state index in [4.69, 9.17) is 0 Å². The van der Waals surface area contributed by atoms with Gasteiger partial charge in [0, 0.05) is 22.6 Å². The summed E-state index contributed by atoms with van der Waals surface area (Å²) >= 11 is 0. The molecule has 17 heavy (non-hydrogen) atoms. The molecule has 90 valence electrons. The van der Waals surface area contributed by atoms with Crippen LogP contribution >= 0.6 is 0 Å². The molecule has 2 aromatic rings. The highest BCUT2D eigenvalue weighted by Gasteiger charge is 2.18. The van der Waals surface area contributed by atoms with Crippen molar-refractivity contribution in [2.24, 2.45) is 0 Å². The number of fused-ring (bicyclic) bond motifs is 1. The number of aromatic amines is 1. The number of rotatable bonds is 2. The normalized spacial score (nSPS) is 20.2. The maximum atomic E-state index is 3.59. The van der Waals surface area contributed by atoms with E-state index in [0.29, 0.717) is 6.04 Å². The van der Waals surface area contributed by atoms with Crippen LogP contribution in [0, 0.1) is 13.8 Å². The van der Waals surface area contributed by atoms with Gasteiger partial charge in [-0.3, -0.25) is 0 Å². The van der Waals surface area contributed by atoms with Crippen molar-refractivity contribution in [2.45, 2.75) is 39.2 Å². The van der Waals surface area contributed by atoms with Crippen molar-refractivity contribution in [3.8, 4) is 0 Å². The Hall–Kier alpha value is -1.28. The van der Waals surface area contributed by atoms with Crippen molar-refractivity contribution in [2.75, 3.05) is 6.54 Å². The predicted octanol–water partition coefficient (Wildman–Crippen LogP) is 3.08. The average molecular weight is 228 g/mol. The molecule has 0 amide bonds. The Bertz CT molecular complexity index is 533. The summed E-state index contributed by atoms with van der Waals surface area (Å²) in [5.74, 6) is 0. The number of aryl methyl sites for hydroxylation is 2. The van der Waals surface area contributed by atoms with Gasteiger partial charge in [-0.1, -0.05) is 11.6 Å². The second-order valence-electron chi connectivity index (χ2n) is 5.27. The molecule has 0 spiro atoms. The first-order valence-electron chi connectivity index (χ1n) is 6.55. The molecule has 0 radical (unpaired) electrons. The molecule has 1 aromatic heterocycles. The Morgan fingerprint density at radius 1 is 1.29 bits per heavy atom. The van der Waals surface area contributed by atoms with E-state index in [1.165, 1.54) is 47.1 Å². The van der Waals surface area contributed by atoms with Gasteiger partial charge in [-0.25, -0.2) is 0 Å². The molecule has 1 saturated heterocycles. The Morgan fingerprint density at radius 3 is 2.94 bits per heavy atom. The molecule has 1 aliphatic rings. The summed E-state index contributed by atoms with van der Waals surface area (Å²) < 4.78 is 0. The van der Waals surface area contributed by atoms with Crippen LogP contribution in [0.4, 0.5) is 0 Å². The van der Waals surface area contributed by atoms with E-state index in [-0.39, 0.29) is 0 Å². The van der Waals surface area contributed by atoms with Gasteiger partial charge in [-0.15, -0.1) is 0 Å². The molecule has 1 atom stereocenters. The van der Waals surface area contributed by atoms with Crippen LogP contribution in [-0.2, 0) is 6.42 Å². The standard InChI is InChI=1S/C15H20N2/c1-10-5-6-15-14(8-10)13(11(2)17-15)9-12-4-3-7-16-12/h5-6,8,12,16-17H,3-4,7,9H2,1-2H3/t12-/m1/s1. The van der Waals surface area contributed by atoms with Crippen LogP contribution in [0.2, 0.25) is 0 Å². The lowest BCUT2D eigenvalue weighted by molar-refractivity contribution is 0.603. The second kappa shape index (κ2) is 4.19. The summed E-state index contributed by atoms with van der Waals surface area (Å²) in [4.78, 5) is 3.50. The van der Waals surface area contributed by atoms with E-state index in [1.807, 2.05) is 0 Å². The Balaban J connectivity index is 2.01. The molecule has 1 fully saturated rings. The lowest BCUT2D eigenvalue weighted by atomic mass is 10.0. The van der Waals surface area contributed by atoms with Crippen LogP contribution in [0.1, 0.15) is 29.7 Å². The molecule has 1 aromatic carbocycles. The van der Waals surface area contributed by atoms with E-state index in [9.17, 15) is 0 Å². The lowest BCUT2D eigenvalue weighted by Crippen LogP contribution is -2.23. The molecule has 2 heterocycles. The van der Waals surface area contributed by atoms with Crippen LogP contribution in [0.25, 0.3) is 10.9 Å². The van der Waals surface area contributed by atoms with Gasteiger partial charge in [-0.05, 0) is 57.4 Å². The highest BCUT2D eigenvalue weighted by molar-refractivity contribution is 5.85. The smallest absolute Gasteiger partial charge is 0.0459 e. The molecule has 0 bridgehead atoms. The zero-order valence-corrected chi connectivity index (χ0v) is 10.6. The predicted molar refractivity (Wildman–Crippen MR) is 72.5 cm³/mol. The summed E-state index contributed by atoms with van der Waals surface area (Å²) in [6.07, 6.45) is 3.80. The fourth-order valence-electron chi connectivity index (χ4n) is 2.94. The van der Waals surface area contributed by atoms with Crippen molar-refractivity contribution in [3.05, 3.63) is 35.0 Å². The molecule has 2 heteroatoms. The monoisotopic (exact) mass is 228 g/mol. The third-order valence-electron chi connectivity index (χ3n) is 3.89. The summed E-state index contributed by atoms with van der Waals surface area (Å²) in [6.45, 7) is 5.55. The van der Waals surface area contributed by atoms with E-state index in [1.54, 1.807) is 0 Å². The number of benzene rings is 1. The quantitative estimate of drug-likeness (QED) is 0.812. The van der Waals surface area contributed by atoms with Gasteiger partial charge in [0.15, 0.2) is 0 Å². The first kappa shape index (κ1) is 10.8. The zero-order chi connectivity index (χ0) is 11.8. The van der Waals surface area contributed by atoms with Crippen molar-refractivity contribution in [1.29, 1.82) is 0 Å². The molecule has 2 nitrogen and oxygen atoms in total. The van der Waals surface area contributed by atoms with Crippen LogP contribution < -0.4 is 5.32 Å². The Labute approximate surface area is 102 Å². The molecule has 0 aliphatic carbocycles. The van der Waals surface area contributed by atoms with E-state index < -0.39 is 0 Å². The molecule has 3 rings (SSSR count). The molecule has 2 N–H and O–H groups in total. The zero-order valence-electron chi connectivity index (χ0n) is 10.6. The molecular weight excluding hydrogens is 208 g/mol. The largest absolute Gasteiger partial charge is 0.358 e. The second-order valence-corrected chi connectivity index (χ2v) is 5.27. The van der Waals surface area contributed by atoms with Gasteiger partial charge in [0.05, 0.1) is 0 Å². The summed E-state index contributed by atoms with van der Waals surface area (Å²) in [6, 6.07) is 7.36. The number of H-pyrrole nitrogens is 1. The van der Waals surface area contributed by atoms with E-state index >= 15 is 0 Å². The first-order valence-corrected chi connectivity index (χ1v) is 6.55. The van der Waals surface area contributed by atoms with Gasteiger partial charge in [0.2, 0.25) is 0 Å². The van der Waals surface area contributed by atoms with Crippen molar-refractivity contribution >= 4 is 10.9 Å². The van der Waals surface area contributed by atoms with E-state index in [0.717, 1.165) is 6.42 Å². The van der Waals surface area contributed by atoms with Crippen LogP contribution in [0.15, 0.2) is 18.2 Å². The number of hydrogen-bond acceptors (Lipinski definition) is 1. The lowest BCUT2D eigenvalue weighted by Gasteiger charge is -2.10. The SMILES string of the molecule is Cc1ccc2[nH]c(C)c(C[C@H]3CCCN3)c2c1. The average Bonchev–Trinajstić information content (AvgIpc) is 2.90. The Morgan fingerprint density at radius 2 is 2.18 bits per heavy atom. The highest BCUT2D eigenvalue weighted by Crippen LogP contribution is 2.25. The molecule has 0 saturated carbocycles. The number of nitrogens with one attached hydrogen (secondary N) is 2. The van der Waals surface area contributed by atoms with Crippen LogP contribution in [0.5, 0.6) is 0 Å². The molecular formula is C15H20N2. The fourth-order valence-corrected chi connectivity index (χ4v) is 2.94. The fraction of sp³-hybridized carbons (Fsp3) is 0.467. The van der Waals surface area contributed by atoms with Gasteiger partial charge >= 0.3 is 0 Å². The molecule has 0 unspecified atom stereocenters. The van der Waals surface area contributed by atoms with Crippen molar-refractivity contribution in [3.63, 3.8) is 0 Å². The number of hydrogen-bond donors (Lipinski definition) is 2. The third kappa shape index (κ3) is 1.98. The van der Waals surface area contributed by atoms with Crippen LogP contribution in [-0.4, -0.2) is 17.6 Å². The summed E-state index contributed by atoms with van der Waals surface area (Å²) in [5.41, 5.74) is 5.46. The minimum Gasteiger partial charge on any atom is -0.358 e. The number of aromatic nitrogens is 1. The van der Waals surface area contributed by atoms with Crippen LogP contribution in [0.3, 0.4) is 0 Å². The maximum absolute atomic E-state index is 3.59. The molecule has 1 aliphatic heterocycles.